The van der Waals surface area contributed by atoms with E-state index in [0.717, 1.165) is 36.3 Å². The second kappa shape index (κ2) is 7.06. The Bertz CT molecular complexity index is 716. The molecule has 1 saturated heterocycles. The number of aromatic nitrogens is 3. The first kappa shape index (κ1) is 15.9. The number of nitrogens with zero attached hydrogens (tertiary/aromatic N) is 4. The number of carbonyl (C=O) groups is 1. The van der Waals surface area contributed by atoms with Gasteiger partial charge in [0.05, 0.1) is 6.67 Å². The molecule has 1 aromatic heterocycles. The number of nitrogens with one attached hydrogen (secondary N) is 1. The molecule has 7 heteroatoms. The zero-order valence-corrected chi connectivity index (χ0v) is 14.0. The van der Waals surface area contributed by atoms with Crippen molar-refractivity contribution in [2.75, 3.05) is 13.1 Å². The van der Waals surface area contributed by atoms with Gasteiger partial charge in [-0.3, -0.25) is 9.69 Å². The van der Waals surface area contributed by atoms with Crippen molar-refractivity contribution in [3.63, 3.8) is 0 Å². The number of rotatable bonds is 4. The molecule has 1 N–H and O–H groups in total. The largest absolute Gasteiger partial charge is 0.349 e. The Morgan fingerprint density at radius 2 is 2.00 bits per heavy atom. The molecule has 0 atom stereocenters. The molecular weight excluding hydrogens is 310 g/mol. The quantitative estimate of drug-likeness (QED) is 0.868. The summed E-state index contributed by atoms with van der Waals surface area (Å²) in [5, 5.41) is 7.40. The van der Waals surface area contributed by atoms with Crippen molar-refractivity contribution in [1.82, 2.24) is 24.6 Å². The molecule has 1 fully saturated rings. The fourth-order valence-corrected chi connectivity index (χ4v) is 2.94. The van der Waals surface area contributed by atoms with Crippen LogP contribution in [0.2, 0.25) is 0 Å². The lowest BCUT2D eigenvalue weighted by Crippen LogP contribution is -2.45. The molecule has 3 rings (SSSR count). The number of piperidine rings is 1. The number of hydrogen-bond acceptors (Lipinski definition) is 4. The summed E-state index contributed by atoms with van der Waals surface area (Å²) in [6, 6.07) is 9.59. The lowest BCUT2D eigenvalue weighted by Gasteiger charge is -2.32. The third-order valence-electron chi connectivity index (χ3n) is 4.18. The number of carbonyl (C=O) groups excluding carboxylic acids is 1. The van der Waals surface area contributed by atoms with Crippen molar-refractivity contribution >= 4 is 18.1 Å². The summed E-state index contributed by atoms with van der Waals surface area (Å²) in [4.78, 5) is 14.5. The predicted octanol–water partition coefficient (Wildman–Crippen LogP) is 1.80. The molecule has 1 aliphatic rings. The van der Waals surface area contributed by atoms with Crippen LogP contribution in [0.5, 0.6) is 0 Å². The fraction of sp³-hybridized carbons (Fsp3) is 0.438. The minimum atomic E-state index is 0.0102. The number of aryl methyl sites for hydroxylation is 1. The van der Waals surface area contributed by atoms with E-state index in [0.29, 0.717) is 6.67 Å². The summed E-state index contributed by atoms with van der Waals surface area (Å²) in [6.45, 7) is 2.56. The van der Waals surface area contributed by atoms with Gasteiger partial charge in [0, 0.05) is 31.7 Å². The Morgan fingerprint density at radius 1 is 1.30 bits per heavy atom. The van der Waals surface area contributed by atoms with Crippen LogP contribution in [0.25, 0.3) is 0 Å². The van der Waals surface area contributed by atoms with Gasteiger partial charge in [0.1, 0.15) is 6.33 Å². The first-order valence-corrected chi connectivity index (χ1v) is 8.21. The van der Waals surface area contributed by atoms with Gasteiger partial charge in [-0.1, -0.05) is 18.2 Å². The number of likely N-dealkylation sites (tertiary alicyclic amines) is 1. The van der Waals surface area contributed by atoms with Crippen LogP contribution in [-0.2, 0) is 13.7 Å². The van der Waals surface area contributed by atoms with Crippen molar-refractivity contribution in [1.29, 1.82) is 0 Å². The maximum absolute atomic E-state index is 12.2. The number of hydrogen-bond donors (Lipinski definition) is 1. The van der Waals surface area contributed by atoms with Crippen LogP contribution in [0.15, 0.2) is 36.7 Å². The van der Waals surface area contributed by atoms with Gasteiger partial charge >= 0.3 is 0 Å². The van der Waals surface area contributed by atoms with Gasteiger partial charge in [-0.25, -0.2) is 4.68 Å². The molecule has 122 valence electrons. The Morgan fingerprint density at radius 3 is 2.61 bits per heavy atom. The molecular formula is C16H21N5OS. The molecule has 23 heavy (non-hydrogen) atoms. The van der Waals surface area contributed by atoms with E-state index in [1.54, 1.807) is 6.33 Å². The Hall–Kier alpha value is -1.99. The van der Waals surface area contributed by atoms with Crippen molar-refractivity contribution in [2.24, 2.45) is 7.05 Å². The van der Waals surface area contributed by atoms with E-state index in [1.165, 1.54) is 0 Å². The summed E-state index contributed by atoms with van der Waals surface area (Å²) in [5.74, 6) is 0.0102. The van der Waals surface area contributed by atoms with Crippen molar-refractivity contribution < 1.29 is 4.79 Å². The molecule has 0 radical (unpaired) electrons. The smallest absolute Gasteiger partial charge is 0.251 e. The zero-order chi connectivity index (χ0) is 16.2. The van der Waals surface area contributed by atoms with Gasteiger partial charge in [0.25, 0.3) is 5.91 Å². The second-order valence-electron chi connectivity index (χ2n) is 5.90. The van der Waals surface area contributed by atoms with Crippen LogP contribution >= 0.6 is 12.2 Å². The van der Waals surface area contributed by atoms with Gasteiger partial charge in [-0.15, -0.1) is 0 Å². The fourth-order valence-electron chi connectivity index (χ4n) is 2.78. The Kier molecular flexibility index (Phi) is 4.88. The summed E-state index contributed by atoms with van der Waals surface area (Å²) in [7, 11) is 1.90. The SMILES string of the molecule is Cn1cnn(CN2CCC(NC(=O)c3ccccc3)CC2)c1=S. The van der Waals surface area contributed by atoms with Crippen LogP contribution < -0.4 is 5.32 Å². The summed E-state index contributed by atoms with van der Waals surface area (Å²) >= 11 is 5.31. The van der Waals surface area contributed by atoms with Gasteiger partial charge < -0.3 is 9.88 Å². The van der Waals surface area contributed by atoms with Crippen molar-refractivity contribution in [3.05, 3.63) is 47.0 Å². The highest BCUT2D eigenvalue weighted by atomic mass is 32.1. The highest BCUT2D eigenvalue weighted by Crippen LogP contribution is 2.12. The molecule has 0 aliphatic carbocycles. The van der Waals surface area contributed by atoms with E-state index in [2.05, 4.69) is 15.3 Å². The predicted molar refractivity (Wildman–Crippen MR) is 90.5 cm³/mol. The lowest BCUT2D eigenvalue weighted by molar-refractivity contribution is 0.0896. The van der Waals surface area contributed by atoms with E-state index in [1.807, 2.05) is 46.6 Å². The average molecular weight is 331 g/mol. The van der Waals surface area contributed by atoms with Crippen LogP contribution in [-0.4, -0.2) is 44.3 Å². The molecule has 1 amide bonds. The van der Waals surface area contributed by atoms with Crippen LogP contribution in [0.3, 0.4) is 0 Å². The standard InChI is InChI=1S/C16H21N5OS/c1-19-11-17-21(16(19)23)12-20-9-7-14(8-10-20)18-15(22)13-5-3-2-4-6-13/h2-6,11,14H,7-10,12H2,1H3,(H,18,22). The van der Waals surface area contributed by atoms with Crippen molar-refractivity contribution in [3.8, 4) is 0 Å². The molecule has 2 heterocycles. The maximum atomic E-state index is 12.2. The van der Waals surface area contributed by atoms with E-state index in [9.17, 15) is 4.79 Å². The average Bonchev–Trinajstić information content (AvgIpc) is 2.89. The minimum Gasteiger partial charge on any atom is -0.349 e. The highest BCUT2D eigenvalue weighted by Gasteiger charge is 2.21. The minimum absolute atomic E-state index is 0.0102. The lowest BCUT2D eigenvalue weighted by atomic mass is 10.0. The van der Waals surface area contributed by atoms with Crippen LogP contribution in [0.1, 0.15) is 23.2 Å². The molecule has 2 aromatic rings. The molecule has 6 nitrogen and oxygen atoms in total. The highest BCUT2D eigenvalue weighted by molar-refractivity contribution is 7.71. The van der Waals surface area contributed by atoms with Gasteiger partial charge in [-0.05, 0) is 37.2 Å². The topological polar surface area (TPSA) is 55.1 Å². The molecule has 1 aliphatic heterocycles. The first-order chi connectivity index (χ1) is 11.1. The summed E-state index contributed by atoms with van der Waals surface area (Å²) in [6.07, 6.45) is 3.62. The second-order valence-corrected chi connectivity index (χ2v) is 6.26. The Balaban J connectivity index is 1.50. The van der Waals surface area contributed by atoms with Gasteiger partial charge in [-0.2, -0.15) is 5.10 Å². The first-order valence-electron chi connectivity index (χ1n) is 7.80. The van der Waals surface area contributed by atoms with E-state index in [4.69, 9.17) is 12.2 Å². The third kappa shape index (κ3) is 3.86. The summed E-state index contributed by atoms with van der Waals surface area (Å²) in [5.41, 5.74) is 0.717. The molecule has 0 unspecified atom stereocenters. The van der Waals surface area contributed by atoms with Crippen LogP contribution in [0.4, 0.5) is 0 Å². The number of amides is 1. The number of benzene rings is 1. The van der Waals surface area contributed by atoms with Crippen molar-refractivity contribution in [2.45, 2.75) is 25.6 Å². The monoisotopic (exact) mass is 331 g/mol. The van der Waals surface area contributed by atoms with E-state index < -0.39 is 0 Å². The maximum Gasteiger partial charge on any atom is 0.251 e. The summed E-state index contributed by atoms with van der Waals surface area (Å²) < 4.78 is 4.39. The zero-order valence-electron chi connectivity index (χ0n) is 13.2. The molecule has 0 bridgehead atoms. The van der Waals surface area contributed by atoms with E-state index in [-0.39, 0.29) is 11.9 Å². The molecule has 0 spiro atoms. The van der Waals surface area contributed by atoms with Crippen LogP contribution in [0, 0.1) is 4.77 Å². The van der Waals surface area contributed by atoms with Gasteiger partial charge in [0.15, 0.2) is 4.77 Å². The normalized spacial score (nSPS) is 16.4. The van der Waals surface area contributed by atoms with E-state index >= 15 is 0 Å². The van der Waals surface area contributed by atoms with Gasteiger partial charge in [0.2, 0.25) is 0 Å². The third-order valence-corrected chi connectivity index (χ3v) is 4.68. The molecule has 0 saturated carbocycles. The Labute approximate surface area is 140 Å². The molecule has 1 aromatic carbocycles.